The molecule has 0 atom stereocenters. The fourth-order valence-electron chi connectivity index (χ4n) is 4.03. The SMILES string of the molecule is CC(C)c1ccc(CN2CCCN(c3ccc(NC(=O)c4c(F)cccc4F)cc3)C2=O)cc1. The third-order valence-electron chi connectivity index (χ3n) is 5.96. The maximum atomic E-state index is 13.9. The van der Waals surface area contributed by atoms with Crippen molar-refractivity contribution >= 4 is 23.3 Å². The van der Waals surface area contributed by atoms with E-state index in [0.717, 1.165) is 24.1 Å². The minimum atomic E-state index is -0.924. The van der Waals surface area contributed by atoms with E-state index in [2.05, 4.69) is 43.4 Å². The molecule has 3 aromatic carbocycles. The van der Waals surface area contributed by atoms with E-state index in [1.54, 1.807) is 29.2 Å². The van der Waals surface area contributed by atoms with Crippen molar-refractivity contribution in [2.45, 2.75) is 32.7 Å². The van der Waals surface area contributed by atoms with Gasteiger partial charge in [-0.05, 0) is 59.9 Å². The Hall–Kier alpha value is -3.74. The third-order valence-corrected chi connectivity index (χ3v) is 5.96. The van der Waals surface area contributed by atoms with Gasteiger partial charge in [0.2, 0.25) is 0 Å². The number of urea groups is 1. The van der Waals surface area contributed by atoms with Crippen LogP contribution in [0.2, 0.25) is 0 Å². The average Bonchev–Trinajstić information content (AvgIpc) is 2.81. The normalized spacial score (nSPS) is 14.0. The van der Waals surface area contributed by atoms with E-state index in [1.165, 1.54) is 11.6 Å². The van der Waals surface area contributed by atoms with E-state index in [4.69, 9.17) is 0 Å². The number of benzene rings is 3. The number of hydrogen-bond acceptors (Lipinski definition) is 2. The van der Waals surface area contributed by atoms with Crippen molar-refractivity contribution in [1.82, 2.24) is 4.90 Å². The highest BCUT2D eigenvalue weighted by atomic mass is 19.1. The Labute approximate surface area is 198 Å². The standard InChI is InChI=1S/C27H27F2N3O2/c1-18(2)20-9-7-19(8-10-20)17-31-15-4-16-32(27(31)34)22-13-11-21(12-14-22)30-26(33)25-23(28)5-3-6-24(25)29/h3,5-14,18H,4,15-17H2,1-2H3,(H,30,33). The Bertz CT molecular complexity index is 1160. The molecule has 1 aliphatic heterocycles. The van der Waals surface area contributed by atoms with Crippen LogP contribution in [0.15, 0.2) is 66.7 Å². The molecule has 0 radical (unpaired) electrons. The van der Waals surface area contributed by atoms with E-state index >= 15 is 0 Å². The zero-order valence-corrected chi connectivity index (χ0v) is 19.2. The van der Waals surface area contributed by atoms with Gasteiger partial charge in [-0.2, -0.15) is 0 Å². The quantitative estimate of drug-likeness (QED) is 0.475. The van der Waals surface area contributed by atoms with E-state index in [1.807, 2.05) is 4.90 Å². The molecule has 34 heavy (non-hydrogen) atoms. The number of halogens is 2. The molecule has 7 heteroatoms. The summed E-state index contributed by atoms with van der Waals surface area (Å²) in [6, 6.07) is 18.2. The van der Waals surface area contributed by atoms with E-state index in [-0.39, 0.29) is 6.03 Å². The molecule has 1 heterocycles. The minimum Gasteiger partial charge on any atom is -0.322 e. The zero-order chi connectivity index (χ0) is 24.2. The summed E-state index contributed by atoms with van der Waals surface area (Å²) in [5.41, 5.74) is 2.79. The molecule has 1 N–H and O–H groups in total. The van der Waals surface area contributed by atoms with Crippen molar-refractivity contribution in [2.24, 2.45) is 0 Å². The molecule has 0 aliphatic carbocycles. The molecule has 1 fully saturated rings. The highest BCUT2D eigenvalue weighted by Crippen LogP contribution is 2.24. The van der Waals surface area contributed by atoms with Gasteiger partial charge >= 0.3 is 6.03 Å². The van der Waals surface area contributed by atoms with Crippen molar-refractivity contribution in [3.05, 3.63) is 95.1 Å². The van der Waals surface area contributed by atoms with Gasteiger partial charge in [-0.15, -0.1) is 0 Å². The molecular formula is C27H27F2N3O2. The molecule has 4 rings (SSSR count). The second kappa shape index (κ2) is 10.0. The first-order valence-corrected chi connectivity index (χ1v) is 11.3. The Morgan fingerprint density at radius 1 is 0.941 bits per heavy atom. The zero-order valence-electron chi connectivity index (χ0n) is 19.2. The Balaban J connectivity index is 1.42. The van der Waals surface area contributed by atoms with Crippen LogP contribution in [-0.2, 0) is 6.54 Å². The fraction of sp³-hybridized carbons (Fsp3) is 0.259. The molecule has 0 saturated carbocycles. The monoisotopic (exact) mass is 463 g/mol. The number of nitrogens with one attached hydrogen (secondary N) is 1. The summed E-state index contributed by atoms with van der Waals surface area (Å²) in [4.78, 5) is 29.0. The Morgan fingerprint density at radius 3 is 2.21 bits per heavy atom. The predicted octanol–water partition coefficient (Wildman–Crippen LogP) is 6.17. The molecule has 0 aromatic heterocycles. The van der Waals surface area contributed by atoms with Crippen molar-refractivity contribution in [2.75, 3.05) is 23.3 Å². The molecule has 176 valence electrons. The maximum absolute atomic E-state index is 13.9. The number of anilines is 2. The van der Waals surface area contributed by atoms with Gasteiger partial charge in [0.05, 0.1) is 0 Å². The largest absolute Gasteiger partial charge is 0.324 e. The summed E-state index contributed by atoms with van der Waals surface area (Å²) in [5, 5.41) is 2.50. The van der Waals surface area contributed by atoms with Crippen LogP contribution >= 0.6 is 0 Å². The second-order valence-electron chi connectivity index (χ2n) is 8.70. The van der Waals surface area contributed by atoms with Gasteiger partial charge in [0.1, 0.15) is 17.2 Å². The summed E-state index contributed by atoms with van der Waals surface area (Å²) in [7, 11) is 0. The smallest absolute Gasteiger partial charge is 0.322 e. The summed E-state index contributed by atoms with van der Waals surface area (Å²) >= 11 is 0. The second-order valence-corrected chi connectivity index (χ2v) is 8.70. The van der Waals surface area contributed by atoms with Gasteiger partial charge in [-0.3, -0.25) is 9.69 Å². The van der Waals surface area contributed by atoms with Crippen LogP contribution in [0, 0.1) is 11.6 Å². The van der Waals surface area contributed by atoms with Crippen LogP contribution in [0.4, 0.5) is 25.0 Å². The molecule has 0 unspecified atom stereocenters. The number of carbonyl (C=O) groups is 2. The molecule has 3 aromatic rings. The Kier molecular flexibility index (Phi) is 6.91. The van der Waals surface area contributed by atoms with E-state index < -0.39 is 23.1 Å². The minimum absolute atomic E-state index is 0.0793. The van der Waals surface area contributed by atoms with Gasteiger partial charge in [-0.25, -0.2) is 13.6 Å². The molecule has 1 aliphatic rings. The maximum Gasteiger partial charge on any atom is 0.324 e. The molecular weight excluding hydrogens is 436 g/mol. The summed E-state index contributed by atoms with van der Waals surface area (Å²) in [6.07, 6.45) is 0.834. The van der Waals surface area contributed by atoms with Gasteiger partial charge in [-0.1, -0.05) is 44.2 Å². The van der Waals surface area contributed by atoms with Gasteiger partial charge in [0, 0.05) is 31.0 Å². The van der Waals surface area contributed by atoms with E-state index in [9.17, 15) is 18.4 Å². The highest BCUT2D eigenvalue weighted by Gasteiger charge is 2.27. The number of amides is 3. The molecule has 0 bridgehead atoms. The van der Waals surface area contributed by atoms with Crippen molar-refractivity contribution < 1.29 is 18.4 Å². The first kappa shape index (κ1) is 23.4. The number of rotatable bonds is 6. The van der Waals surface area contributed by atoms with Crippen LogP contribution in [0.5, 0.6) is 0 Å². The summed E-state index contributed by atoms with van der Waals surface area (Å²) < 4.78 is 27.7. The first-order valence-electron chi connectivity index (χ1n) is 11.3. The lowest BCUT2D eigenvalue weighted by Crippen LogP contribution is -2.49. The van der Waals surface area contributed by atoms with Gasteiger partial charge in [0.15, 0.2) is 0 Å². The fourth-order valence-corrected chi connectivity index (χ4v) is 4.03. The molecule has 5 nitrogen and oxygen atoms in total. The predicted molar refractivity (Wildman–Crippen MR) is 129 cm³/mol. The topological polar surface area (TPSA) is 52.6 Å². The lowest BCUT2D eigenvalue weighted by Gasteiger charge is -2.35. The lowest BCUT2D eigenvalue weighted by molar-refractivity contribution is 0.101. The summed E-state index contributed by atoms with van der Waals surface area (Å²) in [5.74, 6) is -2.26. The van der Waals surface area contributed by atoms with Gasteiger partial charge in [0.25, 0.3) is 5.91 Å². The third kappa shape index (κ3) is 5.09. The lowest BCUT2D eigenvalue weighted by atomic mass is 10.0. The van der Waals surface area contributed by atoms with Crippen LogP contribution < -0.4 is 10.2 Å². The molecule has 1 saturated heterocycles. The molecule has 3 amide bonds. The average molecular weight is 464 g/mol. The molecule has 0 spiro atoms. The van der Waals surface area contributed by atoms with Crippen molar-refractivity contribution in [3.8, 4) is 0 Å². The highest BCUT2D eigenvalue weighted by molar-refractivity contribution is 6.04. The number of carbonyl (C=O) groups excluding carboxylic acids is 2. The van der Waals surface area contributed by atoms with Crippen molar-refractivity contribution in [3.63, 3.8) is 0 Å². The Morgan fingerprint density at radius 2 is 1.59 bits per heavy atom. The summed E-state index contributed by atoms with van der Waals surface area (Å²) in [6.45, 7) is 6.11. The van der Waals surface area contributed by atoms with Crippen molar-refractivity contribution in [1.29, 1.82) is 0 Å². The number of nitrogens with zero attached hydrogens (tertiary/aromatic N) is 2. The van der Waals surface area contributed by atoms with Gasteiger partial charge < -0.3 is 10.2 Å². The first-order chi connectivity index (χ1) is 16.3. The van der Waals surface area contributed by atoms with Crippen LogP contribution in [0.25, 0.3) is 0 Å². The van der Waals surface area contributed by atoms with Crippen LogP contribution in [0.3, 0.4) is 0 Å². The van der Waals surface area contributed by atoms with Crippen LogP contribution in [-0.4, -0.2) is 29.9 Å². The number of hydrogen-bond donors (Lipinski definition) is 1. The van der Waals surface area contributed by atoms with Crippen LogP contribution in [0.1, 0.15) is 47.7 Å². The van der Waals surface area contributed by atoms with E-state index in [0.29, 0.717) is 36.9 Å².